The first-order valence-corrected chi connectivity index (χ1v) is 6.12. The first-order chi connectivity index (χ1) is 8.54. The largest absolute Gasteiger partial charge is 0.394 e. The Morgan fingerprint density at radius 1 is 1.44 bits per heavy atom. The Labute approximate surface area is 110 Å². The molecule has 2 heteroatoms. The van der Waals surface area contributed by atoms with Crippen LogP contribution >= 0.6 is 0 Å². The quantitative estimate of drug-likeness (QED) is 0.867. The normalized spacial score (nSPS) is 10.9. The lowest BCUT2D eigenvalue weighted by atomic mass is 9.92. The molecule has 1 aromatic carbocycles. The number of nitriles is 1. The molecule has 0 saturated heterocycles. The fourth-order valence-electron chi connectivity index (χ4n) is 2.07. The highest BCUT2D eigenvalue weighted by Crippen LogP contribution is 2.27. The van der Waals surface area contributed by atoms with Crippen molar-refractivity contribution in [3.05, 3.63) is 47.2 Å². The Kier molecular flexibility index (Phi) is 4.74. The van der Waals surface area contributed by atoms with Gasteiger partial charge in [0.15, 0.2) is 0 Å². The number of allylic oxidation sites excluding steroid dienone is 2. The number of hydrogen-bond acceptors (Lipinski definition) is 2. The average Bonchev–Trinajstić information content (AvgIpc) is 2.35. The van der Waals surface area contributed by atoms with E-state index in [1.807, 2.05) is 26.2 Å². The maximum atomic E-state index is 9.30. The zero-order chi connectivity index (χ0) is 13.7. The maximum absolute atomic E-state index is 9.30. The van der Waals surface area contributed by atoms with Crippen molar-refractivity contribution in [3.63, 3.8) is 0 Å². The van der Waals surface area contributed by atoms with Gasteiger partial charge >= 0.3 is 0 Å². The molecule has 0 aromatic heterocycles. The Hall–Kier alpha value is -2.01. The molecular weight excluding hydrogens is 220 g/mol. The third-order valence-corrected chi connectivity index (χ3v) is 2.99. The highest BCUT2D eigenvalue weighted by molar-refractivity contribution is 5.75. The highest BCUT2D eigenvalue weighted by atomic mass is 14.8. The lowest BCUT2D eigenvalue weighted by Gasteiger charge is -2.13. The summed E-state index contributed by atoms with van der Waals surface area (Å²) in [4.78, 5) is 0. The number of nitrogens with one attached hydrogen (secondary N) is 1. The van der Waals surface area contributed by atoms with Gasteiger partial charge in [-0.15, -0.1) is 0 Å². The molecule has 0 bridgehead atoms. The smallest absolute Gasteiger partial charge is 0.0998 e. The minimum absolute atomic E-state index is 0.710. The van der Waals surface area contributed by atoms with Gasteiger partial charge in [0.25, 0.3) is 0 Å². The van der Waals surface area contributed by atoms with Gasteiger partial charge in [0.1, 0.15) is 0 Å². The van der Waals surface area contributed by atoms with Crippen LogP contribution in [-0.4, -0.2) is 7.05 Å². The molecule has 94 valence electrons. The molecule has 1 aromatic rings. The molecule has 0 radical (unpaired) electrons. The van der Waals surface area contributed by atoms with Crippen molar-refractivity contribution in [2.75, 3.05) is 7.05 Å². The second-order valence-corrected chi connectivity index (χ2v) is 4.42. The average molecular weight is 240 g/mol. The molecule has 0 fully saturated rings. The van der Waals surface area contributed by atoms with Gasteiger partial charge < -0.3 is 5.32 Å². The summed E-state index contributed by atoms with van der Waals surface area (Å²) in [5.41, 5.74) is 6.08. The summed E-state index contributed by atoms with van der Waals surface area (Å²) in [6, 6.07) is 6.30. The molecule has 0 amide bonds. The summed E-state index contributed by atoms with van der Waals surface area (Å²) in [5.74, 6) is 0. The summed E-state index contributed by atoms with van der Waals surface area (Å²) in [6.45, 7) is 10.1. The number of benzene rings is 1. The van der Waals surface area contributed by atoms with Gasteiger partial charge in [-0.3, -0.25) is 0 Å². The number of aryl methyl sites for hydroxylation is 1. The molecule has 0 aliphatic rings. The topological polar surface area (TPSA) is 35.8 Å². The van der Waals surface area contributed by atoms with Crippen molar-refractivity contribution < 1.29 is 0 Å². The van der Waals surface area contributed by atoms with Crippen molar-refractivity contribution in [2.24, 2.45) is 0 Å². The molecule has 0 aliphatic carbocycles. The van der Waals surface area contributed by atoms with Crippen LogP contribution in [0.15, 0.2) is 24.9 Å². The minimum Gasteiger partial charge on any atom is -0.394 e. The van der Waals surface area contributed by atoms with Gasteiger partial charge in [0, 0.05) is 13.2 Å². The fraction of sp³-hybridized carbons (Fsp3) is 0.312. The molecule has 0 heterocycles. The van der Waals surface area contributed by atoms with Crippen LogP contribution < -0.4 is 5.32 Å². The monoisotopic (exact) mass is 240 g/mol. The van der Waals surface area contributed by atoms with Crippen molar-refractivity contribution in [1.82, 2.24) is 5.32 Å². The fourth-order valence-corrected chi connectivity index (χ4v) is 2.07. The van der Waals surface area contributed by atoms with Crippen LogP contribution in [0.5, 0.6) is 0 Å². The van der Waals surface area contributed by atoms with E-state index in [0.29, 0.717) is 5.56 Å². The van der Waals surface area contributed by atoms with Gasteiger partial charge in [-0.25, -0.2) is 0 Å². The van der Waals surface area contributed by atoms with E-state index in [0.717, 1.165) is 34.3 Å². The maximum Gasteiger partial charge on any atom is 0.0998 e. The molecule has 0 unspecified atom stereocenters. The summed E-state index contributed by atoms with van der Waals surface area (Å²) < 4.78 is 0. The van der Waals surface area contributed by atoms with Crippen LogP contribution in [-0.2, 0) is 0 Å². The Bertz CT molecular complexity index is 531. The summed E-state index contributed by atoms with van der Waals surface area (Å²) in [5, 5.41) is 12.3. The predicted octanol–water partition coefficient (Wildman–Crippen LogP) is 3.87. The summed E-state index contributed by atoms with van der Waals surface area (Å²) in [7, 11) is 1.87. The van der Waals surface area contributed by atoms with Crippen molar-refractivity contribution in [1.29, 1.82) is 5.26 Å². The van der Waals surface area contributed by atoms with E-state index in [9.17, 15) is 5.26 Å². The van der Waals surface area contributed by atoms with Gasteiger partial charge in [0.05, 0.1) is 11.6 Å². The number of hydrogen-bond donors (Lipinski definition) is 1. The lowest BCUT2D eigenvalue weighted by molar-refractivity contribution is 1.08. The molecule has 0 aliphatic heterocycles. The SMILES string of the molecule is C=C(C)c1cc(C#N)c(/C(=C/NC)CC)cc1C. The molecule has 1 rings (SSSR count). The molecule has 0 atom stereocenters. The van der Waals surface area contributed by atoms with E-state index in [-0.39, 0.29) is 0 Å². The van der Waals surface area contributed by atoms with Crippen molar-refractivity contribution >= 4 is 11.1 Å². The van der Waals surface area contributed by atoms with Crippen LogP contribution in [0, 0.1) is 18.3 Å². The second kappa shape index (κ2) is 6.07. The van der Waals surface area contributed by atoms with Crippen molar-refractivity contribution in [3.8, 4) is 6.07 Å². The number of nitrogens with zero attached hydrogens (tertiary/aromatic N) is 1. The third-order valence-electron chi connectivity index (χ3n) is 2.99. The van der Waals surface area contributed by atoms with Crippen LogP contribution in [0.2, 0.25) is 0 Å². The van der Waals surface area contributed by atoms with Crippen LogP contribution in [0.25, 0.3) is 11.1 Å². The van der Waals surface area contributed by atoms with Gasteiger partial charge in [-0.05, 0) is 54.7 Å². The molecular formula is C16H20N2. The van der Waals surface area contributed by atoms with Gasteiger partial charge in [-0.2, -0.15) is 5.26 Å². The summed E-state index contributed by atoms with van der Waals surface area (Å²) >= 11 is 0. The minimum atomic E-state index is 0.710. The third kappa shape index (κ3) is 2.81. The standard InChI is InChI=1S/C16H20N2/c1-6-13(10-18-5)16-7-12(4)15(11(2)3)8-14(16)9-17/h7-8,10,18H,2,6H2,1,3-5H3/b13-10+. The van der Waals surface area contributed by atoms with E-state index in [2.05, 4.69) is 37.9 Å². The van der Waals surface area contributed by atoms with E-state index < -0.39 is 0 Å². The summed E-state index contributed by atoms with van der Waals surface area (Å²) in [6.07, 6.45) is 2.84. The molecule has 0 spiro atoms. The van der Waals surface area contributed by atoms with E-state index in [1.54, 1.807) is 0 Å². The Morgan fingerprint density at radius 3 is 2.56 bits per heavy atom. The molecule has 0 saturated carbocycles. The Balaban J connectivity index is 3.47. The van der Waals surface area contributed by atoms with E-state index in [1.165, 1.54) is 0 Å². The predicted molar refractivity (Wildman–Crippen MR) is 77.9 cm³/mol. The first-order valence-electron chi connectivity index (χ1n) is 6.12. The van der Waals surface area contributed by atoms with E-state index in [4.69, 9.17) is 0 Å². The van der Waals surface area contributed by atoms with Crippen LogP contribution in [0.4, 0.5) is 0 Å². The molecule has 1 N–H and O–H groups in total. The zero-order valence-electron chi connectivity index (χ0n) is 11.6. The van der Waals surface area contributed by atoms with Crippen LogP contribution in [0.1, 0.15) is 42.5 Å². The number of rotatable bonds is 4. The molecule has 2 nitrogen and oxygen atoms in total. The van der Waals surface area contributed by atoms with Gasteiger partial charge in [-0.1, -0.05) is 19.1 Å². The molecule has 18 heavy (non-hydrogen) atoms. The van der Waals surface area contributed by atoms with E-state index >= 15 is 0 Å². The second-order valence-electron chi connectivity index (χ2n) is 4.42. The highest BCUT2D eigenvalue weighted by Gasteiger charge is 2.10. The zero-order valence-corrected chi connectivity index (χ0v) is 11.6. The van der Waals surface area contributed by atoms with Crippen LogP contribution in [0.3, 0.4) is 0 Å². The Morgan fingerprint density at radius 2 is 2.11 bits per heavy atom. The van der Waals surface area contributed by atoms with Gasteiger partial charge in [0.2, 0.25) is 0 Å². The lowest BCUT2D eigenvalue weighted by Crippen LogP contribution is -1.99. The van der Waals surface area contributed by atoms with Crippen molar-refractivity contribution in [2.45, 2.75) is 27.2 Å². The first kappa shape index (κ1) is 14.1.